The van der Waals surface area contributed by atoms with Gasteiger partial charge in [-0.2, -0.15) is 9.36 Å². The number of carbonyl (C=O) groups excluding carboxylic acids is 1. The Labute approximate surface area is 115 Å². The molecule has 7 heteroatoms. The third-order valence-electron chi connectivity index (χ3n) is 3.82. The van der Waals surface area contributed by atoms with Gasteiger partial charge in [-0.1, -0.05) is 18.2 Å². The molecule has 1 aliphatic heterocycles. The first-order valence-corrected chi connectivity index (χ1v) is 8.19. The van der Waals surface area contributed by atoms with E-state index < -0.39 is 0 Å². The summed E-state index contributed by atoms with van der Waals surface area (Å²) in [6.07, 6.45) is 5.82. The topological polar surface area (TPSA) is 58.1 Å². The number of urea groups is 1. The highest BCUT2D eigenvalue weighted by Crippen LogP contribution is 2.37. The van der Waals surface area contributed by atoms with E-state index in [1.807, 2.05) is 11.2 Å². The fraction of sp³-hybridized carbons (Fsp3) is 0.727. The zero-order chi connectivity index (χ0) is 12.5. The first-order chi connectivity index (χ1) is 8.76. The van der Waals surface area contributed by atoms with Crippen molar-refractivity contribution in [3.05, 3.63) is 0 Å². The smallest absolute Gasteiger partial charge is 0.323 e. The molecule has 2 aliphatic rings. The first-order valence-electron chi connectivity index (χ1n) is 6.20. The van der Waals surface area contributed by atoms with Crippen LogP contribution in [0.15, 0.2) is 5.16 Å². The average Bonchev–Trinajstić information content (AvgIpc) is 3.02. The molecule has 1 aromatic rings. The number of thioether (sulfide) groups is 1. The van der Waals surface area contributed by atoms with Gasteiger partial charge in [0.1, 0.15) is 0 Å². The van der Waals surface area contributed by atoms with E-state index in [2.05, 4.69) is 14.7 Å². The maximum Gasteiger partial charge on any atom is 0.323 e. The Morgan fingerprint density at radius 2 is 2.17 bits per heavy atom. The molecule has 18 heavy (non-hydrogen) atoms. The molecule has 3 rings (SSSR count). The third kappa shape index (κ3) is 2.33. The zero-order valence-electron chi connectivity index (χ0n) is 10.3. The second-order valence-corrected chi connectivity index (χ2v) is 6.40. The lowest BCUT2D eigenvalue weighted by molar-refractivity contribution is 0.219. The molecule has 1 aromatic heterocycles. The van der Waals surface area contributed by atoms with Gasteiger partial charge in [-0.25, -0.2) is 4.79 Å². The van der Waals surface area contributed by atoms with Crippen molar-refractivity contribution in [3.63, 3.8) is 0 Å². The molecule has 0 spiro atoms. The number of amides is 2. The molecule has 2 fully saturated rings. The summed E-state index contributed by atoms with van der Waals surface area (Å²) in [5, 5.41) is 4.16. The van der Waals surface area contributed by atoms with Crippen molar-refractivity contribution in [3.8, 4) is 0 Å². The van der Waals surface area contributed by atoms with Crippen LogP contribution in [-0.2, 0) is 0 Å². The van der Waals surface area contributed by atoms with Crippen LogP contribution in [0.3, 0.4) is 0 Å². The maximum atomic E-state index is 12.1. The van der Waals surface area contributed by atoms with Gasteiger partial charge in [0.15, 0.2) is 0 Å². The molecule has 1 aliphatic carbocycles. The van der Waals surface area contributed by atoms with Crippen LogP contribution in [-0.4, -0.2) is 39.6 Å². The lowest BCUT2D eigenvalue weighted by Gasteiger charge is -2.16. The van der Waals surface area contributed by atoms with Crippen molar-refractivity contribution in [2.24, 2.45) is 11.8 Å². The number of hydrogen-bond acceptors (Lipinski definition) is 5. The van der Waals surface area contributed by atoms with Gasteiger partial charge in [0.2, 0.25) is 10.3 Å². The molecular formula is C11H16N4OS2. The minimum atomic E-state index is -0.0202. The minimum absolute atomic E-state index is 0.0202. The second-order valence-electron chi connectivity index (χ2n) is 4.87. The van der Waals surface area contributed by atoms with Gasteiger partial charge in [0.25, 0.3) is 0 Å². The van der Waals surface area contributed by atoms with Crippen LogP contribution in [0.1, 0.15) is 19.3 Å². The highest BCUT2D eigenvalue weighted by Gasteiger charge is 2.38. The number of anilines is 1. The van der Waals surface area contributed by atoms with Crippen molar-refractivity contribution in [1.82, 2.24) is 14.3 Å². The fourth-order valence-corrected chi connectivity index (χ4v) is 4.03. The van der Waals surface area contributed by atoms with Gasteiger partial charge in [-0.15, -0.1) is 0 Å². The van der Waals surface area contributed by atoms with Crippen LogP contribution in [0, 0.1) is 11.8 Å². The minimum Gasteiger partial charge on any atom is -0.324 e. The molecule has 0 aromatic carbocycles. The molecule has 5 nitrogen and oxygen atoms in total. The van der Waals surface area contributed by atoms with E-state index in [0.29, 0.717) is 10.3 Å². The second kappa shape index (κ2) is 5.05. The molecule has 0 unspecified atom stereocenters. The number of hydrogen-bond donors (Lipinski definition) is 1. The lowest BCUT2D eigenvalue weighted by Crippen LogP contribution is -2.33. The van der Waals surface area contributed by atoms with Crippen molar-refractivity contribution in [1.29, 1.82) is 0 Å². The van der Waals surface area contributed by atoms with Crippen LogP contribution in [0.5, 0.6) is 0 Å². The van der Waals surface area contributed by atoms with Gasteiger partial charge in [-0.3, -0.25) is 5.32 Å². The van der Waals surface area contributed by atoms with E-state index in [9.17, 15) is 4.79 Å². The van der Waals surface area contributed by atoms with Crippen molar-refractivity contribution in [2.45, 2.75) is 24.4 Å². The van der Waals surface area contributed by atoms with Crippen LogP contribution >= 0.6 is 23.3 Å². The number of carbonyl (C=O) groups is 1. The number of nitrogens with zero attached hydrogens (tertiary/aromatic N) is 3. The normalized spacial score (nSPS) is 26.4. The van der Waals surface area contributed by atoms with Crippen LogP contribution in [0.25, 0.3) is 0 Å². The summed E-state index contributed by atoms with van der Waals surface area (Å²) in [5.74, 6) is 1.46. The summed E-state index contributed by atoms with van der Waals surface area (Å²) in [7, 11) is 0. The predicted octanol–water partition coefficient (Wildman–Crippen LogP) is 2.52. The van der Waals surface area contributed by atoms with E-state index in [1.165, 1.54) is 42.6 Å². The zero-order valence-corrected chi connectivity index (χ0v) is 11.9. The standard InChI is InChI=1S/C11H16N4OS2/c1-17-10-12-9(18-14-10)13-11(16)15-5-7-3-2-4-8(7)6-15/h7-8H,2-6H2,1H3,(H,12,13,14,16)/t7-,8+. The van der Waals surface area contributed by atoms with Gasteiger partial charge in [-0.05, 0) is 30.9 Å². The number of aromatic nitrogens is 2. The van der Waals surface area contributed by atoms with Gasteiger partial charge in [0.05, 0.1) is 0 Å². The van der Waals surface area contributed by atoms with E-state index in [0.717, 1.165) is 24.9 Å². The van der Waals surface area contributed by atoms with Gasteiger partial charge >= 0.3 is 6.03 Å². The molecule has 2 amide bonds. The molecular weight excluding hydrogens is 268 g/mol. The largest absolute Gasteiger partial charge is 0.324 e. The van der Waals surface area contributed by atoms with Gasteiger partial charge < -0.3 is 4.90 Å². The molecule has 2 atom stereocenters. The quantitative estimate of drug-likeness (QED) is 0.848. The molecule has 1 saturated heterocycles. The summed E-state index contributed by atoms with van der Waals surface area (Å²) >= 11 is 2.73. The highest BCUT2D eigenvalue weighted by molar-refractivity contribution is 7.98. The maximum absolute atomic E-state index is 12.1. The Hall–Kier alpha value is -0.820. The SMILES string of the molecule is CSc1nsc(NC(=O)N2C[C@H]3CCC[C@H]3C2)n1. The average molecular weight is 284 g/mol. The molecule has 1 N–H and O–H groups in total. The Bertz CT molecular complexity index is 438. The van der Waals surface area contributed by atoms with E-state index in [4.69, 9.17) is 0 Å². The molecule has 0 bridgehead atoms. The van der Waals surface area contributed by atoms with Crippen LogP contribution < -0.4 is 5.32 Å². The van der Waals surface area contributed by atoms with Crippen LogP contribution in [0.4, 0.5) is 9.93 Å². The van der Waals surface area contributed by atoms with Crippen molar-refractivity contribution >= 4 is 34.5 Å². The molecule has 1 saturated carbocycles. The summed E-state index contributed by atoms with van der Waals surface area (Å²) in [6, 6.07) is -0.0202. The summed E-state index contributed by atoms with van der Waals surface area (Å²) in [4.78, 5) is 18.2. The fourth-order valence-electron chi connectivity index (χ4n) is 2.92. The summed E-state index contributed by atoms with van der Waals surface area (Å²) in [6.45, 7) is 1.81. The van der Waals surface area contributed by atoms with Gasteiger partial charge in [0, 0.05) is 24.6 Å². The van der Waals surface area contributed by atoms with Crippen molar-refractivity contribution < 1.29 is 4.79 Å². The van der Waals surface area contributed by atoms with E-state index >= 15 is 0 Å². The Morgan fingerprint density at radius 3 is 2.78 bits per heavy atom. The lowest BCUT2D eigenvalue weighted by atomic mass is 10.0. The first kappa shape index (κ1) is 12.2. The monoisotopic (exact) mass is 284 g/mol. The molecule has 2 heterocycles. The number of fused-ring (bicyclic) bond motifs is 1. The van der Waals surface area contributed by atoms with Crippen molar-refractivity contribution in [2.75, 3.05) is 24.7 Å². The molecule has 98 valence electrons. The predicted molar refractivity (Wildman–Crippen MR) is 73.1 cm³/mol. The number of rotatable bonds is 2. The van der Waals surface area contributed by atoms with E-state index in [1.54, 1.807) is 0 Å². The third-order valence-corrected chi connectivity index (χ3v) is 5.11. The summed E-state index contributed by atoms with van der Waals surface area (Å²) < 4.78 is 4.13. The van der Waals surface area contributed by atoms with E-state index in [-0.39, 0.29) is 6.03 Å². The Morgan fingerprint density at radius 1 is 1.44 bits per heavy atom. The molecule has 0 radical (unpaired) electrons. The Kier molecular flexibility index (Phi) is 3.43. The number of nitrogens with one attached hydrogen (secondary N) is 1. The summed E-state index contributed by atoms with van der Waals surface area (Å²) in [5.41, 5.74) is 0. The Balaban J connectivity index is 1.58. The highest BCUT2D eigenvalue weighted by atomic mass is 32.2. The number of likely N-dealkylation sites (tertiary alicyclic amines) is 1. The van der Waals surface area contributed by atoms with Crippen LogP contribution in [0.2, 0.25) is 0 Å².